The Hall–Kier alpha value is -0.890. The van der Waals surface area contributed by atoms with E-state index < -0.39 is 43.3 Å². The zero-order valence-electron chi connectivity index (χ0n) is 7.16. The number of carbonyl (C=O) groups is 1. The molecule has 2 saturated heterocycles. The van der Waals surface area contributed by atoms with Crippen LogP contribution < -0.4 is 5.32 Å². The van der Waals surface area contributed by atoms with Gasteiger partial charge in [-0.3, -0.25) is 5.32 Å². The molecule has 0 spiro atoms. The fourth-order valence-electron chi connectivity index (χ4n) is 1.64. The largest absolute Gasteiger partial charge is 0.438 e. The second-order valence-corrected chi connectivity index (χ2v) is 3.28. The van der Waals surface area contributed by atoms with E-state index in [1.807, 2.05) is 0 Å². The number of aliphatic hydroxyl groups is 3. The lowest BCUT2D eigenvalue weighted by molar-refractivity contribution is -0.0862. The molecular formula is C7H11NO6. The van der Waals surface area contributed by atoms with Crippen molar-refractivity contribution >= 4 is 6.09 Å². The molecule has 0 saturated carbocycles. The maximum absolute atomic E-state index is 10.7. The zero-order valence-corrected chi connectivity index (χ0v) is 7.16. The predicted octanol–water partition coefficient (Wildman–Crippen LogP) is -2.47. The van der Waals surface area contributed by atoms with Crippen LogP contribution in [0.5, 0.6) is 0 Å². The third kappa shape index (κ3) is 1.34. The molecule has 2 aliphatic rings. The van der Waals surface area contributed by atoms with Crippen LogP contribution >= 0.6 is 0 Å². The molecule has 1 amide bonds. The minimum atomic E-state index is -1.18. The zero-order chi connectivity index (χ0) is 10.3. The van der Waals surface area contributed by atoms with Gasteiger partial charge in [0.15, 0.2) is 12.3 Å². The van der Waals surface area contributed by atoms with Gasteiger partial charge in [-0.05, 0) is 0 Å². The van der Waals surface area contributed by atoms with Crippen molar-refractivity contribution < 1.29 is 29.6 Å². The summed E-state index contributed by atoms with van der Waals surface area (Å²) in [4.78, 5) is 10.7. The second-order valence-electron chi connectivity index (χ2n) is 3.28. The highest BCUT2D eigenvalue weighted by Gasteiger charge is 2.52. The van der Waals surface area contributed by atoms with E-state index in [1.54, 1.807) is 0 Å². The van der Waals surface area contributed by atoms with Crippen LogP contribution in [0.1, 0.15) is 0 Å². The van der Waals surface area contributed by atoms with E-state index in [4.69, 9.17) is 14.6 Å². The molecule has 80 valence electrons. The Balaban J connectivity index is 2.05. The van der Waals surface area contributed by atoms with Gasteiger partial charge < -0.3 is 24.8 Å². The molecule has 0 radical (unpaired) electrons. The van der Waals surface area contributed by atoms with Crippen molar-refractivity contribution in [3.63, 3.8) is 0 Å². The smallest absolute Gasteiger partial charge is 0.409 e. The quantitative estimate of drug-likeness (QED) is 0.398. The van der Waals surface area contributed by atoms with Gasteiger partial charge in [0, 0.05) is 0 Å². The number of rotatable bonds is 2. The standard InChI is InChI=1S/C7H11NO6/c9-1-2(10)4-3(11)5-6(13-4)8-7(12)14-5/h2-6,9-11H,1H2,(H,8,12)/t2-,3-,4-,5+,6-/m0/s1. The van der Waals surface area contributed by atoms with Gasteiger partial charge in [-0.15, -0.1) is 0 Å². The topological polar surface area (TPSA) is 108 Å². The molecule has 2 rings (SSSR count). The number of alkyl carbamates (subject to hydrolysis) is 1. The van der Waals surface area contributed by atoms with E-state index in [0.717, 1.165) is 0 Å². The van der Waals surface area contributed by atoms with Crippen molar-refractivity contribution in [2.45, 2.75) is 30.6 Å². The van der Waals surface area contributed by atoms with Crippen LogP contribution in [0.3, 0.4) is 0 Å². The lowest BCUT2D eigenvalue weighted by Crippen LogP contribution is -2.41. The number of hydrogen-bond acceptors (Lipinski definition) is 6. The summed E-state index contributed by atoms with van der Waals surface area (Å²) >= 11 is 0. The maximum Gasteiger partial charge on any atom is 0.409 e. The average Bonchev–Trinajstić information content (AvgIpc) is 2.64. The van der Waals surface area contributed by atoms with E-state index in [9.17, 15) is 15.0 Å². The lowest BCUT2D eigenvalue weighted by Gasteiger charge is -2.19. The first kappa shape index (κ1) is 9.66. The van der Waals surface area contributed by atoms with Gasteiger partial charge in [-0.25, -0.2) is 4.79 Å². The Morgan fingerprint density at radius 2 is 2.29 bits per heavy atom. The van der Waals surface area contributed by atoms with Gasteiger partial charge in [-0.2, -0.15) is 0 Å². The van der Waals surface area contributed by atoms with Crippen LogP contribution in [0.25, 0.3) is 0 Å². The normalized spacial score (nSPS) is 42.9. The van der Waals surface area contributed by atoms with Crippen molar-refractivity contribution in [1.29, 1.82) is 0 Å². The summed E-state index contributed by atoms with van der Waals surface area (Å²) in [6, 6.07) is 0. The molecule has 14 heavy (non-hydrogen) atoms. The summed E-state index contributed by atoms with van der Waals surface area (Å²) in [6.45, 7) is -0.519. The maximum atomic E-state index is 10.7. The first-order chi connectivity index (χ1) is 6.63. The molecule has 2 heterocycles. The van der Waals surface area contributed by atoms with Crippen LogP contribution in [0, 0.1) is 0 Å². The highest BCUT2D eigenvalue weighted by Crippen LogP contribution is 2.28. The van der Waals surface area contributed by atoms with Gasteiger partial charge in [0.2, 0.25) is 0 Å². The van der Waals surface area contributed by atoms with Gasteiger partial charge in [0.05, 0.1) is 6.61 Å². The number of ether oxygens (including phenoxy) is 2. The summed E-state index contributed by atoms with van der Waals surface area (Å²) in [7, 11) is 0. The molecule has 2 fully saturated rings. The molecule has 5 atom stereocenters. The van der Waals surface area contributed by atoms with E-state index in [2.05, 4.69) is 5.32 Å². The van der Waals surface area contributed by atoms with E-state index in [1.165, 1.54) is 0 Å². The third-order valence-electron chi connectivity index (χ3n) is 2.34. The molecule has 4 N–H and O–H groups in total. The highest BCUT2D eigenvalue weighted by molar-refractivity contribution is 5.70. The van der Waals surface area contributed by atoms with E-state index >= 15 is 0 Å². The molecule has 0 aromatic rings. The molecular weight excluding hydrogens is 194 g/mol. The van der Waals surface area contributed by atoms with Crippen LogP contribution in [-0.2, 0) is 9.47 Å². The highest BCUT2D eigenvalue weighted by atomic mass is 16.6. The van der Waals surface area contributed by atoms with Crippen LogP contribution in [0.2, 0.25) is 0 Å². The SMILES string of the molecule is O=C1N[C@H]2O[C@@H]([C@@H](O)CO)[C@H](O)[C@H]2O1. The summed E-state index contributed by atoms with van der Waals surface area (Å²) in [5.41, 5.74) is 0. The summed E-state index contributed by atoms with van der Waals surface area (Å²) in [5, 5.41) is 29.8. The first-order valence-corrected chi connectivity index (χ1v) is 4.23. The van der Waals surface area contributed by atoms with Gasteiger partial charge in [0.25, 0.3) is 0 Å². The molecule has 0 unspecified atom stereocenters. The Kier molecular flexibility index (Phi) is 2.31. The number of fused-ring (bicyclic) bond motifs is 1. The predicted molar refractivity (Wildman–Crippen MR) is 41.2 cm³/mol. The van der Waals surface area contributed by atoms with Crippen molar-refractivity contribution in [2.24, 2.45) is 0 Å². The van der Waals surface area contributed by atoms with Crippen molar-refractivity contribution in [1.82, 2.24) is 5.32 Å². The fourth-order valence-corrected chi connectivity index (χ4v) is 1.64. The minimum absolute atomic E-state index is 0.519. The Morgan fingerprint density at radius 1 is 1.57 bits per heavy atom. The third-order valence-corrected chi connectivity index (χ3v) is 2.34. The van der Waals surface area contributed by atoms with Gasteiger partial charge in [0.1, 0.15) is 18.3 Å². The Labute approximate surface area is 79.2 Å². The van der Waals surface area contributed by atoms with Crippen LogP contribution in [0.15, 0.2) is 0 Å². The summed E-state index contributed by atoms with van der Waals surface area (Å²) < 4.78 is 9.81. The van der Waals surface area contributed by atoms with Crippen LogP contribution in [0.4, 0.5) is 4.79 Å². The van der Waals surface area contributed by atoms with Crippen molar-refractivity contribution in [3.8, 4) is 0 Å². The number of amides is 1. The van der Waals surface area contributed by atoms with Crippen molar-refractivity contribution in [3.05, 3.63) is 0 Å². The Bertz CT molecular complexity index is 246. The van der Waals surface area contributed by atoms with Crippen molar-refractivity contribution in [2.75, 3.05) is 6.61 Å². The molecule has 2 aliphatic heterocycles. The molecule has 0 aromatic carbocycles. The number of carbonyl (C=O) groups excluding carboxylic acids is 1. The molecule has 7 heteroatoms. The van der Waals surface area contributed by atoms with E-state index in [0.29, 0.717) is 0 Å². The number of nitrogens with one attached hydrogen (secondary N) is 1. The monoisotopic (exact) mass is 205 g/mol. The first-order valence-electron chi connectivity index (χ1n) is 4.23. The minimum Gasteiger partial charge on any atom is -0.438 e. The van der Waals surface area contributed by atoms with Gasteiger partial charge >= 0.3 is 6.09 Å². The Morgan fingerprint density at radius 3 is 2.86 bits per heavy atom. The fraction of sp³-hybridized carbons (Fsp3) is 0.857. The number of aliphatic hydroxyl groups excluding tert-OH is 3. The van der Waals surface area contributed by atoms with Gasteiger partial charge in [-0.1, -0.05) is 0 Å². The molecule has 7 nitrogen and oxygen atoms in total. The molecule has 0 aromatic heterocycles. The second kappa shape index (κ2) is 3.35. The number of hydrogen-bond donors (Lipinski definition) is 4. The molecule has 0 aliphatic carbocycles. The summed E-state index contributed by atoms with van der Waals surface area (Å²) in [6.07, 6.45) is -5.46. The average molecular weight is 205 g/mol. The lowest BCUT2D eigenvalue weighted by atomic mass is 10.1. The van der Waals surface area contributed by atoms with E-state index in [-0.39, 0.29) is 0 Å². The summed E-state index contributed by atoms with van der Waals surface area (Å²) in [5.74, 6) is 0. The van der Waals surface area contributed by atoms with Crippen LogP contribution in [-0.4, -0.2) is 58.7 Å². The molecule has 0 bridgehead atoms.